The standard InChI is InChI=1S/C27H26F3N3O4S/c1-16(19-5-3-4-6-20(19)27(28,29)30)36-23-14-24(38-25(23)26(34)35-2)33-15-32-21-8-7-18(13-22(21)33)37-17-9-11-31-12-10-17/h3-8,13-17,31H,9-12H2,1-2H3. The van der Waals surface area contributed by atoms with E-state index in [0.29, 0.717) is 10.8 Å². The first kappa shape index (κ1) is 26.1. The third-order valence-electron chi connectivity index (χ3n) is 6.41. The number of hydrogen-bond donors (Lipinski definition) is 1. The number of carbonyl (C=O) groups excluding carboxylic acids is 1. The number of alkyl halides is 3. The number of nitrogens with one attached hydrogen (secondary N) is 1. The third kappa shape index (κ3) is 5.34. The van der Waals surface area contributed by atoms with Gasteiger partial charge < -0.3 is 19.5 Å². The van der Waals surface area contributed by atoms with Crippen LogP contribution in [0.15, 0.2) is 54.9 Å². The topological polar surface area (TPSA) is 74.6 Å². The molecule has 0 amide bonds. The molecule has 1 unspecified atom stereocenters. The molecule has 1 N–H and O–H groups in total. The number of benzene rings is 2. The molecule has 0 spiro atoms. The smallest absolute Gasteiger partial charge is 0.416 e. The molecule has 1 saturated heterocycles. The largest absolute Gasteiger partial charge is 0.490 e. The van der Waals surface area contributed by atoms with Crippen molar-refractivity contribution in [3.8, 4) is 16.5 Å². The zero-order valence-corrected chi connectivity index (χ0v) is 21.6. The van der Waals surface area contributed by atoms with E-state index in [1.807, 2.05) is 18.2 Å². The molecule has 5 rings (SSSR count). The van der Waals surface area contributed by atoms with Gasteiger partial charge in [0.25, 0.3) is 0 Å². The Kier molecular flexibility index (Phi) is 7.31. The summed E-state index contributed by atoms with van der Waals surface area (Å²) < 4.78 is 59.6. The Balaban J connectivity index is 1.48. The Labute approximate surface area is 221 Å². The van der Waals surface area contributed by atoms with E-state index < -0.39 is 23.8 Å². The Morgan fingerprint density at radius 1 is 1.16 bits per heavy atom. The van der Waals surface area contributed by atoms with Gasteiger partial charge in [-0.05, 0) is 51.1 Å². The van der Waals surface area contributed by atoms with Gasteiger partial charge in [-0.3, -0.25) is 4.57 Å². The van der Waals surface area contributed by atoms with Crippen molar-refractivity contribution in [3.63, 3.8) is 0 Å². The maximum Gasteiger partial charge on any atom is 0.416 e. The van der Waals surface area contributed by atoms with Gasteiger partial charge in [-0.1, -0.05) is 18.2 Å². The summed E-state index contributed by atoms with van der Waals surface area (Å²) in [7, 11) is 1.24. The maximum absolute atomic E-state index is 13.6. The van der Waals surface area contributed by atoms with Crippen molar-refractivity contribution in [1.29, 1.82) is 0 Å². The average molecular weight is 546 g/mol. The molecule has 2 aromatic carbocycles. The Morgan fingerprint density at radius 3 is 2.66 bits per heavy atom. The second-order valence-electron chi connectivity index (χ2n) is 8.95. The van der Waals surface area contributed by atoms with Crippen LogP contribution < -0.4 is 14.8 Å². The van der Waals surface area contributed by atoms with E-state index in [0.717, 1.165) is 54.4 Å². The van der Waals surface area contributed by atoms with Crippen molar-refractivity contribution < 1.29 is 32.2 Å². The molecular formula is C27H26F3N3O4S. The van der Waals surface area contributed by atoms with Crippen LogP contribution in [-0.2, 0) is 10.9 Å². The summed E-state index contributed by atoms with van der Waals surface area (Å²) in [5.41, 5.74) is 0.669. The number of aromatic nitrogens is 2. The number of imidazole rings is 1. The lowest BCUT2D eigenvalue weighted by molar-refractivity contribution is -0.139. The average Bonchev–Trinajstić information content (AvgIpc) is 3.52. The summed E-state index contributed by atoms with van der Waals surface area (Å²) in [6.07, 6.45) is -1.94. The number of rotatable bonds is 7. The molecule has 1 atom stereocenters. The van der Waals surface area contributed by atoms with Gasteiger partial charge in [0.15, 0.2) is 4.88 Å². The predicted molar refractivity (Wildman–Crippen MR) is 137 cm³/mol. The molecule has 4 aromatic rings. The summed E-state index contributed by atoms with van der Waals surface area (Å²) in [6.45, 7) is 3.33. The van der Waals surface area contributed by atoms with Gasteiger partial charge in [-0.2, -0.15) is 13.2 Å². The lowest BCUT2D eigenvalue weighted by Crippen LogP contribution is -2.34. The van der Waals surface area contributed by atoms with E-state index in [1.54, 1.807) is 17.0 Å². The normalized spacial score (nSPS) is 15.4. The SMILES string of the molecule is COC(=O)c1sc(-n2cnc3ccc(OC4CCNCC4)cc32)cc1OC(C)c1ccccc1C(F)(F)F. The number of carbonyl (C=O) groups is 1. The minimum Gasteiger partial charge on any atom is -0.490 e. The molecule has 0 aliphatic carbocycles. The highest BCUT2D eigenvalue weighted by Crippen LogP contribution is 2.40. The van der Waals surface area contributed by atoms with E-state index in [9.17, 15) is 18.0 Å². The molecule has 3 heterocycles. The molecule has 1 aliphatic heterocycles. The van der Waals surface area contributed by atoms with Crippen molar-refractivity contribution in [1.82, 2.24) is 14.9 Å². The summed E-state index contributed by atoms with van der Waals surface area (Å²) in [4.78, 5) is 17.2. The number of thiophene rings is 1. The predicted octanol–water partition coefficient (Wildman–Crippen LogP) is 6.16. The Bertz CT molecular complexity index is 1440. The quantitative estimate of drug-likeness (QED) is 0.280. The summed E-state index contributed by atoms with van der Waals surface area (Å²) >= 11 is 1.11. The number of esters is 1. The fourth-order valence-corrected chi connectivity index (χ4v) is 5.50. The van der Waals surface area contributed by atoms with Crippen LogP contribution in [0.25, 0.3) is 16.0 Å². The van der Waals surface area contributed by atoms with Crippen molar-refractivity contribution in [2.45, 2.75) is 38.1 Å². The first-order valence-corrected chi connectivity index (χ1v) is 13.0. The van der Waals surface area contributed by atoms with Crippen molar-refractivity contribution in [2.75, 3.05) is 20.2 Å². The number of fused-ring (bicyclic) bond motifs is 1. The zero-order chi connectivity index (χ0) is 26.9. The van der Waals surface area contributed by atoms with Crippen molar-refractivity contribution in [2.24, 2.45) is 0 Å². The number of ether oxygens (including phenoxy) is 3. The molecular weight excluding hydrogens is 519 g/mol. The number of halogens is 3. The summed E-state index contributed by atoms with van der Waals surface area (Å²) in [5.74, 6) is 0.196. The van der Waals surface area contributed by atoms with E-state index in [2.05, 4.69) is 10.3 Å². The van der Waals surface area contributed by atoms with Gasteiger partial charge in [-0.25, -0.2) is 9.78 Å². The van der Waals surface area contributed by atoms with Gasteiger partial charge in [0.05, 0.1) is 23.7 Å². The van der Waals surface area contributed by atoms with E-state index >= 15 is 0 Å². The molecule has 0 saturated carbocycles. The van der Waals surface area contributed by atoms with Crippen LogP contribution in [0.1, 0.15) is 46.7 Å². The number of nitrogens with zero attached hydrogens (tertiary/aromatic N) is 2. The maximum atomic E-state index is 13.6. The van der Waals surface area contributed by atoms with Gasteiger partial charge in [0.1, 0.15) is 35.0 Å². The first-order valence-electron chi connectivity index (χ1n) is 12.1. The van der Waals surface area contributed by atoms with Crippen LogP contribution >= 0.6 is 11.3 Å². The monoisotopic (exact) mass is 545 g/mol. The third-order valence-corrected chi connectivity index (χ3v) is 7.50. The molecule has 1 aliphatic rings. The van der Waals surface area contributed by atoms with E-state index in [4.69, 9.17) is 14.2 Å². The van der Waals surface area contributed by atoms with Gasteiger partial charge in [-0.15, -0.1) is 11.3 Å². The van der Waals surface area contributed by atoms with Crippen LogP contribution in [0.2, 0.25) is 0 Å². The van der Waals surface area contributed by atoms with E-state index in [1.165, 1.54) is 32.2 Å². The highest BCUT2D eigenvalue weighted by atomic mass is 32.1. The fraction of sp³-hybridized carbons (Fsp3) is 0.333. The molecule has 2 aromatic heterocycles. The van der Waals surface area contributed by atoms with Gasteiger partial charge in [0, 0.05) is 17.7 Å². The molecule has 1 fully saturated rings. The Morgan fingerprint density at radius 2 is 1.92 bits per heavy atom. The van der Waals surface area contributed by atoms with Crippen molar-refractivity contribution >= 4 is 28.3 Å². The zero-order valence-electron chi connectivity index (χ0n) is 20.7. The van der Waals surface area contributed by atoms with Crippen LogP contribution in [0.5, 0.6) is 11.5 Å². The number of methoxy groups -OCH3 is 1. The molecule has 11 heteroatoms. The highest BCUT2D eigenvalue weighted by molar-refractivity contribution is 7.16. The first-order chi connectivity index (χ1) is 18.2. The van der Waals surface area contributed by atoms with Crippen LogP contribution in [0.4, 0.5) is 13.2 Å². The van der Waals surface area contributed by atoms with Crippen LogP contribution in [0.3, 0.4) is 0 Å². The van der Waals surface area contributed by atoms with Crippen LogP contribution in [-0.4, -0.2) is 41.8 Å². The lowest BCUT2D eigenvalue weighted by Gasteiger charge is -2.23. The summed E-state index contributed by atoms with van der Waals surface area (Å²) in [6, 6.07) is 12.5. The lowest BCUT2D eigenvalue weighted by atomic mass is 10.0. The van der Waals surface area contributed by atoms with E-state index in [-0.39, 0.29) is 22.3 Å². The van der Waals surface area contributed by atoms with Crippen molar-refractivity contribution in [3.05, 3.63) is 70.9 Å². The summed E-state index contributed by atoms with van der Waals surface area (Å²) in [5, 5.41) is 3.91. The molecule has 38 heavy (non-hydrogen) atoms. The highest BCUT2D eigenvalue weighted by Gasteiger charge is 2.35. The minimum absolute atomic E-state index is 0.0312. The molecule has 0 radical (unpaired) electrons. The van der Waals surface area contributed by atoms with Gasteiger partial charge >= 0.3 is 12.1 Å². The Hall–Kier alpha value is -3.57. The minimum atomic E-state index is -4.54. The second-order valence-corrected chi connectivity index (χ2v) is 9.98. The number of piperidine rings is 1. The molecule has 7 nitrogen and oxygen atoms in total. The molecule has 200 valence electrons. The fourth-order valence-electron chi connectivity index (χ4n) is 4.51. The van der Waals surface area contributed by atoms with Gasteiger partial charge in [0.2, 0.25) is 0 Å². The molecule has 0 bridgehead atoms. The second kappa shape index (κ2) is 10.7. The number of hydrogen-bond acceptors (Lipinski definition) is 7. The van der Waals surface area contributed by atoms with Crippen LogP contribution in [0, 0.1) is 0 Å².